The number of nitrogens with one attached hydrogen (secondary N) is 2. The van der Waals surface area contributed by atoms with Crippen molar-refractivity contribution in [2.24, 2.45) is 0 Å². The third-order valence-electron chi connectivity index (χ3n) is 4.32. The molecule has 8 nitrogen and oxygen atoms in total. The number of aromatic nitrogens is 3. The Hall–Kier alpha value is -3.33. The standard InChI is InChI=1S/C20H22N4O4S/c1-12-5-7-13(8-6-12)19-22-23-20(29)24(19)11-17(25)21-14-9-15(26-2)18(28-4)16(10-14)27-3/h5-10H,11H2,1-4H3,(H,21,25)(H,23,29). The Labute approximate surface area is 173 Å². The maximum atomic E-state index is 12.7. The van der Waals surface area contributed by atoms with E-state index in [-0.39, 0.29) is 12.5 Å². The molecule has 9 heteroatoms. The van der Waals surface area contributed by atoms with Gasteiger partial charge < -0.3 is 19.5 Å². The van der Waals surface area contributed by atoms with Crippen LogP contribution in [0.3, 0.4) is 0 Å². The van der Waals surface area contributed by atoms with Gasteiger partial charge in [-0.1, -0.05) is 29.8 Å². The molecule has 3 rings (SSSR count). The third-order valence-corrected chi connectivity index (χ3v) is 4.63. The van der Waals surface area contributed by atoms with E-state index < -0.39 is 0 Å². The van der Waals surface area contributed by atoms with Gasteiger partial charge in [-0.25, -0.2) is 0 Å². The third kappa shape index (κ3) is 4.40. The molecule has 1 aromatic heterocycles. The van der Waals surface area contributed by atoms with E-state index in [1.165, 1.54) is 21.3 Å². The second-order valence-electron chi connectivity index (χ2n) is 6.27. The van der Waals surface area contributed by atoms with Gasteiger partial charge in [0.2, 0.25) is 11.7 Å². The van der Waals surface area contributed by atoms with Crippen LogP contribution in [-0.4, -0.2) is 42.0 Å². The molecule has 1 heterocycles. The van der Waals surface area contributed by atoms with E-state index in [1.54, 1.807) is 16.7 Å². The minimum Gasteiger partial charge on any atom is -0.493 e. The van der Waals surface area contributed by atoms with Gasteiger partial charge in [0.05, 0.1) is 21.3 Å². The normalized spacial score (nSPS) is 10.5. The fourth-order valence-corrected chi connectivity index (χ4v) is 3.08. The minimum absolute atomic E-state index is 0.00476. The van der Waals surface area contributed by atoms with E-state index in [4.69, 9.17) is 26.4 Å². The molecule has 0 bridgehead atoms. The van der Waals surface area contributed by atoms with Crippen LogP contribution in [0.5, 0.6) is 17.2 Å². The van der Waals surface area contributed by atoms with Crippen LogP contribution in [0.2, 0.25) is 0 Å². The molecule has 0 unspecified atom stereocenters. The molecular weight excluding hydrogens is 392 g/mol. The van der Waals surface area contributed by atoms with E-state index in [0.717, 1.165) is 11.1 Å². The van der Waals surface area contributed by atoms with Crippen LogP contribution in [0.1, 0.15) is 5.56 Å². The molecule has 152 valence electrons. The Morgan fingerprint density at radius 2 is 1.72 bits per heavy atom. The van der Waals surface area contributed by atoms with Gasteiger partial charge >= 0.3 is 0 Å². The highest BCUT2D eigenvalue weighted by molar-refractivity contribution is 7.71. The molecule has 0 aliphatic carbocycles. The Morgan fingerprint density at radius 3 is 2.28 bits per heavy atom. The van der Waals surface area contributed by atoms with E-state index in [2.05, 4.69) is 15.5 Å². The lowest BCUT2D eigenvalue weighted by atomic mass is 10.1. The highest BCUT2D eigenvalue weighted by Gasteiger charge is 2.16. The number of aryl methyl sites for hydroxylation is 1. The molecule has 0 aliphatic heterocycles. The first-order chi connectivity index (χ1) is 14.0. The summed E-state index contributed by atoms with van der Waals surface area (Å²) in [6.07, 6.45) is 0. The van der Waals surface area contributed by atoms with Gasteiger partial charge in [0.1, 0.15) is 6.54 Å². The number of ether oxygens (including phenoxy) is 3. The summed E-state index contributed by atoms with van der Waals surface area (Å²) in [7, 11) is 4.55. The quantitative estimate of drug-likeness (QED) is 0.575. The maximum Gasteiger partial charge on any atom is 0.244 e. The molecule has 1 amide bonds. The highest BCUT2D eigenvalue weighted by Crippen LogP contribution is 2.39. The largest absolute Gasteiger partial charge is 0.493 e. The number of benzene rings is 2. The van der Waals surface area contributed by atoms with Gasteiger partial charge in [-0.2, -0.15) is 5.10 Å². The topological polar surface area (TPSA) is 90.4 Å². The van der Waals surface area contributed by atoms with Crippen molar-refractivity contribution in [3.63, 3.8) is 0 Å². The molecule has 0 fully saturated rings. The molecule has 0 saturated carbocycles. The number of carbonyl (C=O) groups excluding carboxylic acids is 1. The van der Waals surface area contributed by atoms with E-state index in [0.29, 0.717) is 33.5 Å². The summed E-state index contributed by atoms with van der Waals surface area (Å²) in [6, 6.07) is 11.2. The zero-order valence-corrected chi connectivity index (χ0v) is 17.4. The predicted molar refractivity (Wildman–Crippen MR) is 112 cm³/mol. The van der Waals surface area contributed by atoms with Crippen LogP contribution in [0.25, 0.3) is 11.4 Å². The maximum absolute atomic E-state index is 12.7. The number of hydrogen-bond acceptors (Lipinski definition) is 6. The minimum atomic E-state index is -0.273. The van der Waals surface area contributed by atoms with Crippen LogP contribution in [-0.2, 0) is 11.3 Å². The number of carbonyl (C=O) groups is 1. The van der Waals surface area contributed by atoms with Crippen molar-refractivity contribution in [3.05, 3.63) is 46.7 Å². The van der Waals surface area contributed by atoms with Gasteiger partial charge in [0, 0.05) is 23.4 Å². The highest BCUT2D eigenvalue weighted by atomic mass is 32.1. The van der Waals surface area contributed by atoms with Crippen molar-refractivity contribution in [2.45, 2.75) is 13.5 Å². The number of nitrogens with zero attached hydrogens (tertiary/aromatic N) is 2. The Balaban J connectivity index is 1.85. The van der Waals surface area contributed by atoms with Gasteiger partial charge in [-0.05, 0) is 19.1 Å². The molecule has 0 radical (unpaired) electrons. The smallest absolute Gasteiger partial charge is 0.244 e. The number of anilines is 1. The summed E-state index contributed by atoms with van der Waals surface area (Å²) < 4.78 is 17.9. The number of amides is 1. The van der Waals surface area contributed by atoms with Crippen LogP contribution in [0, 0.1) is 11.7 Å². The lowest BCUT2D eigenvalue weighted by molar-refractivity contribution is -0.116. The van der Waals surface area contributed by atoms with Gasteiger partial charge in [-0.15, -0.1) is 0 Å². The average molecular weight is 414 g/mol. The summed E-state index contributed by atoms with van der Waals surface area (Å²) in [5.41, 5.74) is 2.51. The Morgan fingerprint density at radius 1 is 1.10 bits per heavy atom. The SMILES string of the molecule is COc1cc(NC(=O)Cn2c(-c3ccc(C)cc3)n[nH]c2=S)cc(OC)c1OC. The first-order valence-electron chi connectivity index (χ1n) is 8.79. The van der Waals surface area contributed by atoms with Gasteiger partial charge in [0.15, 0.2) is 22.1 Å². The van der Waals surface area contributed by atoms with Crippen molar-refractivity contribution in [2.75, 3.05) is 26.6 Å². The van der Waals surface area contributed by atoms with Crippen LogP contribution >= 0.6 is 12.2 Å². The molecule has 0 aliphatic rings. The molecule has 0 atom stereocenters. The summed E-state index contributed by atoms with van der Waals surface area (Å²) >= 11 is 5.30. The zero-order valence-electron chi connectivity index (χ0n) is 16.6. The van der Waals surface area contributed by atoms with Crippen LogP contribution in [0.4, 0.5) is 5.69 Å². The summed E-state index contributed by atoms with van der Waals surface area (Å²) in [5.74, 6) is 1.66. The number of methoxy groups -OCH3 is 3. The fourth-order valence-electron chi connectivity index (χ4n) is 2.88. The summed E-state index contributed by atoms with van der Waals surface area (Å²) in [4.78, 5) is 12.7. The Bertz CT molecular complexity index is 1050. The molecule has 29 heavy (non-hydrogen) atoms. The lowest BCUT2D eigenvalue weighted by Crippen LogP contribution is -2.19. The molecule has 0 saturated heterocycles. The first kappa shape index (κ1) is 20.4. The number of hydrogen-bond donors (Lipinski definition) is 2. The molecule has 0 spiro atoms. The van der Waals surface area contributed by atoms with Crippen molar-refractivity contribution in [1.82, 2.24) is 14.8 Å². The predicted octanol–water partition coefficient (Wildman–Crippen LogP) is 3.58. The van der Waals surface area contributed by atoms with Gasteiger partial charge in [0.25, 0.3) is 0 Å². The average Bonchev–Trinajstić information content (AvgIpc) is 3.07. The molecular formula is C20H22N4O4S. The van der Waals surface area contributed by atoms with E-state index in [9.17, 15) is 4.79 Å². The van der Waals surface area contributed by atoms with Crippen molar-refractivity contribution >= 4 is 23.8 Å². The second kappa shape index (κ2) is 8.78. The monoisotopic (exact) mass is 414 g/mol. The van der Waals surface area contributed by atoms with Crippen molar-refractivity contribution in [3.8, 4) is 28.6 Å². The molecule has 2 aromatic carbocycles. The van der Waals surface area contributed by atoms with Gasteiger partial charge in [-0.3, -0.25) is 14.5 Å². The Kier molecular flexibility index (Phi) is 6.18. The van der Waals surface area contributed by atoms with Crippen LogP contribution < -0.4 is 19.5 Å². The fraction of sp³-hybridized carbons (Fsp3) is 0.250. The summed E-state index contributed by atoms with van der Waals surface area (Å²) in [6.45, 7) is 2.00. The number of H-pyrrole nitrogens is 1. The number of aromatic amines is 1. The summed E-state index contributed by atoms with van der Waals surface area (Å²) in [5, 5.41) is 9.85. The van der Waals surface area contributed by atoms with Crippen molar-refractivity contribution < 1.29 is 19.0 Å². The molecule has 3 aromatic rings. The van der Waals surface area contributed by atoms with E-state index >= 15 is 0 Å². The van der Waals surface area contributed by atoms with Crippen molar-refractivity contribution in [1.29, 1.82) is 0 Å². The number of rotatable bonds is 7. The second-order valence-corrected chi connectivity index (χ2v) is 6.65. The first-order valence-corrected chi connectivity index (χ1v) is 9.19. The van der Waals surface area contributed by atoms with Crippen LogP contribution in [0.15, 0.2) is 36.4 Å². The molecule has 2 N–H and O–H groups in total. The van der Waals surface area contributed by atoms with E-state index in [1.807, 2.05) is 31.2 Å². The zero-order chi connectivity index (χ0) is 21.0. The lowest BCUT2D eigenvalue weighted by Gasteiger charge is -2.15.